The predicted molar refractivity (Wildman–Crippen MR) is 108 cm³/mol. The van der Waals surface area contributed by atoms with Gasteiger partial charge in [-0.05, 0) is 87.3 Å². The van der Waals surface area contributed by atoms with Gasteiger partial charge in [0.25, 0.3) is 0 Å². The molecule has 27 heavy (non-hydrogen) atoms. The van der Waals surface area contributed by atoms with Gasteiger partial charge in [0.05, 0.1) is 5.69 Å². The van der Waals surface area contributed by atoms with Crippen molar-refractivity contribution >= 4 is 11.0 Å². The zero-order chi connectivity index (χ0) is 18.1. The van der Waals surface area contributed by atoms with E-state index >= 15 is 0 Å². The summed E-state index contributed by atoms with van der Waals surface area (Å²) in [6.45, 7) is 7.01. The number of hydrogen-bond donors (Lipinski definition) is 2. The van der Waals surface area contributed by atoms with Crippen molar-refractivity contribution in [2.24, 2.45) is 17.8 Å². The van der Waals surface area contributed by atoms with E-state index in [1.807, 2.05) is 12.3 Å². The summed E-state index contributed by atoms with van der Waals surface area (Å²) in [5.41, 5.74) is 1.93. The minimum absolute atomic E-state index is 0.692. The minimum atomic E-state index is 0.692. The molecule has 5 heteroatoms. The first-order valence-corrected chi connectivity index (χ1v) is 10.7. The largest absolute Gasteiger partial charge is 0.316 e. The molecule has 3 fully saturated rings. The van der Waals surface area contributed by atoms with Crippen molar-refractivity contribution in [3.8, 4) is 0 Å². The zero-order valence-corrected chi connectivity index (χ0v) is 16.1. The van der Waals surface area contributed by atoms with Crippen LogP contribution in [0.2, 0.25) is 0 Å². The Labute approximate surface area is 162 Å². The van der Waals surface area contributed by atoms with Crippen LogP contribution < -0.4 is 10.6 Å². The fraction of sp³-hybridized carbons (Fsp3) is 0.636. The minimum Gasteiger partial charge on any atom is -0.316 e. The molecule has 3 atom stereocenters. The topological polar surface area (TPSA) is 53.1 Å². The maximum Gasteiger partial charge on any atom is 0.159 e. The second kappa shape index (κ2) is 7.82. The van der Waals surface area contributed by atoms with Crippen LogP contribution in [-0.4, -0.2) is 53.6 Å². The number of hydrogen-bond acceptors (Lipinski definition) is 5. The van der Waals surface area contributed by atoms with Gasteiger partial charge in [-0.3, -0.25) is 4.90 Å². The monoisotopic (exact) mass is 365 g/mol. The van der Waals surface area contributed by atoms with Crippen LogP contribution >= 0.6 is 0 Å². The summed E-state index contributed by atoms with van der Waals surface area (Å²) in [6, 6.07) is 8.97. The normalized spacial score (nSPS) is 31.0. The molecule has 4 heterocycles. The first kappa shape index (κ1) is 17.5. The third-order valence-corrected chi connectivity index (χ3v) is 7.08. The van der Waals surface area contributed by atoms with Gasteiger partial charge in [-0.15, -0.1) is 0 Å². The fourth-order valence-corrected chi connectivity index (χ4v) is 5.60. The lowest BCUT2D eigenvalue weighted by Crippen LogP contribution is -2.46. The number of fused-ring (bicyclic) bond motifs is 3. The molecular weight excluding hydrogens is 334 g/mol. The van der Waals surface area contributed by atoms with Gasteiger partial charge < -0.3 is 10.6 Å². The quantitative estimate of drug-likeness (QED) is 0.823. The zero-order valence-electron chi connectivity index (χ0n) is 16.1. The number of pyridine rings is 2. The highest BCUT2D eigenvalue weighted by molar-refractivity contribution is 5.74. The molecule has 5 rings (SSSR count). The average Bonchev–Trinajstić information content (AvgIpc) is 3.22. The second-order valence-electron chi connectivity index (χ2n) is 8.69. The van der Waals surface area contributed by atoms with Crippen LogP contribution in [0.1, 0.15) is 31.4 Å². The summed E-state index contributed by atoms with van der Waals surface area (Å²) >= 11 is 0. The van der Waals surface area contributed by atoms with Crippen molar-refractivity contribution in [2.45, 2.75) is 38.3 Å². The lowest BCUT2D eigenvalue weighted by Gasteiger charge is -2.36. The van der Waals surface area contributed by atoms with Crippen LogP contribution in [0.15, 0.2) is 30.5 Å². The van der Waals surface area contributed by atoms with E-state index in [0.717, 1.165) is 47.6 Å². The number of likely N-dealkylation sites (tertiary alicyclic amines) is 1. The molecule has 0 aromatic carbocycles. The first-order chi connectivity index (χ1) is 13.4. The number of piperidine rings is 1. The standard InChI is InChI=1S/C22H31N5/c1-3-16-7-8-19(26-22(16)25-9-1)13-24-14-20-4-2-10-27(20)15-21-17-5-6-18(21)12-23-11-17/h1,3,7-9,17-18,20-21,23-24H,2,4-6,10-15H2. The van der Waals surface area contributed by atoms with Crippen molar-refractivity contribution in [2.75, 3.05) is 32.7 Å². The Morgan fingerprint density at radius 1 is 1.11 bits per heavy atom. The molecule has 2 aromatic rings. The highest BCUT2D eigenvalue weighted by Gasteiger charge is 2.40. The molecular formula is C22H31N5. The highest BCUT2D eigenvalue weighted by atomic mass is 15.2. The maximum atomic E-state index is 4.69. The Morgan fingerprint density at radius 2 is 2.00 bits per heavy atom. The van der Waals surface area contributed by atoms with E-state index in [9.17, 15) is 0 Å². The van der Waals surface area contributed by atoms with E-state index in [4.69, 9.17) is 0 Å². The van der Waals surface area contributed by atoms with Gasteiger partial charge in [0.2, 0.25) is 0 Å². The van der Waals surface area contributed by atoms with Gasteiger partial charge in [0, 0.05) is 37.3 Å². The van der Waals surface area contributed by atoms with Crippen molar-refractivity contribution in [3.05, 3.63) is 36.2 Å². The van der Waals surface area contributed by atoms with Gasteiger partial charge in [0.1, 0.15) is 0 Å². The molecule has 0 radical (unpaired) electrons. The number of aromatic nitrogens is 2. The van der Waals surface area contributed by atoms with Crippen LogP contribution in [0.3, 0.4) is 0 Å². The Balaban J connectivity index is 1.15. The molecule has 1 aliphatic carbocycles. The summed E-state index contributed by atoms with van der Waals surface area (Å²) < 4.78 is 0. The number of nitrogens with zero attached hydrogens (tertiary/aromatic N) is 3. The fourth-order valence-electron chi connectivity index (χ4n) is 5.60. The lowest BCUT2D eigenvalue weighted by atomic mass is 9.85. The van der Waals surface area contributed by atoms with Crippen molar-refractivity contribution < 1.29 is 0 Å². The number of nitrogens with one attached hydrogen (secondary N) is 2. The summed E-state index contributed by atoms with van der Waals surface area (Å²) in [7, 11) is 0. The van der Waals surface area contributed by atoms with Crippen molar-refractivity contribution in [1.29, 1.82) is 0 Å². The molecule has 5 nitrogen and oxygen atoms in total. The van der Waals surface area contributed by atoms with Crippen LogP contribution in [0, 0.1) is 17.8 Å². The van der Waals surface area contributed by atoms with E-state index in [1.165, 1.54) is 51.9 Å². The van der Waals surface area contributed by atoms with Gasteiger partial charge in [-0.25, -0.2) is 9.97 Å². The first-order valence-electron chi connectivity index (χ1n) is 10.7. The highest BCUT2D eigenvalue weighted by Crippen LogP contribution is 2.40. The third-order valence-electron chi connectivity index (χ3n) is 7.08. The van der Waals surface area contributed by atoms with E-state index in [0.29, 0.717) is 6.04 Å². The molecule has 2 N–H and O–H groups in total. The molecule has 3 unspecified atom stereocenters. The van der Waals surface area contributed by atoms with Gasteiger partial charge >= 0.3 is 0 Å². The maximum absolute atomic E-state index is 4.69. The molecule has 2 saturated heterocycles. The molecule has 2 bridgehead atoms. The van der Waals surface area contributed by atoms with E-state index in [-0.39, 0.29) is 0 Å². The Hall–Kier alpha value is -1.56. The van der Waals surface area contributed by atoms with E-state index in [2.05, 4.69) is 43.7 Å². The summed E-state index contributed by atoms with van der Waals surface area (Å²) in [4.78, 5) is 11.8. The Bertz CT molecular complexity index is 762. The molecule has 3 aliphatic rings. The SMILES string of the molecule is c1cnc2nc(CNCC3CCCN3CC3C4CCC3CNC4)ccc2c1. The molecule has 0 amide bonds. The smallest absolute Gasteiger partial charge is 0.159 e. The predicted octanol–water partition coefficient (Wildman–Crippen LogP) is 2.43. The molecule has 1 saturated carbocycles. The van der Waals surface area contributed by atoms with Crippen LogP contribution in [0.25, 0.3) is 11.0 Å². The average molecular weight is 366 g/mol. The second-order valence-corrected chi connectivity index (χ2v) is 8.69. The van der Waals surface area contributed by atoms with E-state index < -0.39 is 0 Å². The summed E-state index contributed by atoms with van der Waals surface area (Å²) in [5.74, 6) is 2.78. The molecule has 0 spiro atoms. The van der Waals surface area contributed by atoms with Gasteiger partial charge in [-0.2, -0.15) is 0 Å². The Kier molecular flexibility index (Phi) is 5.08. The van der Waals surface area contributed by atoms with Crippen LogP contribution in [0.4, 0.5) is 0 Å². The lowest BCUT2D eigenvalue weighted by molar-refractivity contribution is 0.142. The third kappa shape index (κ3) is 3.73. The molecule has 2 aliphatic heterocycles. The van der Waals surface area contributed by atoms with Crippen LogP contribution in [-0.2, 0) is 6.54 Å². The van der Waals surface area contributed by atoms with Crippen molar-refractivity contribution in [1.82, 2.24) is 25.5 Å². The molecule has 144 valence electrons. The number of rotatable bonds is 6. The summed E-state index contributed by atoms with van der Waals surface area (Å²) in [6.07, 6.45) is 7.39. The summed E-state index contributed by atoms with van der Waals surface area (Å²) in [5, 5.41) is 8.42. The van der Waals surface area contributed by atoms with Gasteiger partial charge in [-0.1, -0.05) is 0 Å². The van der Waals surface area contributed by atoms with Crippen molar-refractivity contribution in [3.63, 3.8) is 0 Å². The Morgan fingerprint density at radius 3 is 2.89 bits per heavy atom. The molecule has 2 aromatic heterocycles. The van der Waals surface area contributed by atoms with E-state index in [1.54, 1.807) is 0 Å². The van der Waals surface area contributed by atoms with Gasteiger partial charge in [0.15, 0.2) is 5.65 Å². The van der Waals surface area contributed by atoms with Crippen LogP contribution in [0.5, 0.6) is 0 Å².